The number of rotatable bonds is 4. The quantitative estimate of drug-likeness (QED) is 0.854. The minimum Gasteiger partial charge on any atom is -0.493 e. The summed E-state index contributed by atoms with van der Waals surface area (Å²) in [4.78, 5) is 12.1. The Hall–Kier alpha value is -2.82. The Morgan fingerprint density at radius 2 is 1.88 bits per heavy atom. The molecule has 0 radical (unpaired) electrons. The van der Waals surface area contributed by atoms with Crippen molar-refractivity contribution >= 4 is 11.6 Å². The highest BCUT2D eigenvalue weighted by Gasteiger charge is 2.32. The van der Waals surface area contributed by atoms with Crippen molar-refractivity contribution in [1.82, 2.24) is 5.01 Å². The first-order chi connectivity index (χ1) is 12.0. The summed E-state index contributed by atoms with van der Waals surface area (Å²) in [5.74, 6) is 1.23. The largest absolute Gasteiger partial charge is 0.493 e. The highest BCUT2D eigenvalue weighted by atomic mass is 16.5. The van der Waals surface area contributed by atoms with Gasteiger partial charge in [-0.2, -0.15) is 5.10 Å². The van der Waals surface area contributed by atoms with Crippen LogP contribution in [0.2, 0.25) is 0 Å². The van der Waals surface area contributed by atoms with Crippen molar-refractivity contribution in [1.29, 1.82) is 0 Å². The second-order valence-corrected chi connectivity index (χ2v) is 6.11. The maximum atomic E-state index is 12.1. The van der Waals surface area contributed by atoms with Gasteiger partial charge < -0.3 is 9.47 Å². The van der Waals surface area contributed by atoms with Crippen molar-refractivity contribution in [3.63, 3.8) is 0 Å². The molecule has 130 valence electrons. The number of carbonyl (C=O) groups excluding carboxylic acids is 1. The molecular formula is C20H22N2O3. The Morgan fingerprint density at radius 3 is 2.52 bits per heavy atom. The number of aryl methyl sites for hydroxylation is 1. The number of nitrogens with zero attached hydrogens (tertiary/aromatic N) is 2. The van der Waals surface area contributed by atoms with E-state index in [-0.39, 0.29) is 11.9 Å². The smallest absolute Gasteiger partial charge is 0.240 e. The van der Waals surface area contributed by atoms with Crippen LogP contribution in [0.3, 0.4) is 0 Å². The van der Waals surface area contributed by atoms with E-state index >= 15 is 0 Å². The summed E-state index contributed by atoms with van der Waals surface area (Å²) in [6.45, 7) is 3.59. The van der Waals surface area contributed by atoms with Crippen molar-refractivity contribution in [2.75, 3.05) is 14.2 Å². The summed E-state index contributed by atoms with van der Waals surface area (Å²) < 4.78 is 10.7. The zero-order chi connectivity index (χ0) is 18.0. The average Bonchev–Trinajstić information content (AvgIpc) is 3.07. The van der Waals surface area contributed by atoms with E-state index in [0.717, 1.165) is 16.8 Å². The lowest BCUT2D eigenvalue weighted by Gasteiger charge is -2.21. The maximum absolute atomic E-state index is 12.1. The van der Waals surface area contributed by atoms with Gasteiger partial charge in [-0.25, -0.2) is 5.01 Å². The standard InChI is InChI=1S/C20H22N2O3/c1-13-6-5-7-15(10-13)17-12-18(22(21-17)14(2)23)16-8-9-19(24-3)20(11-16)25-4/h5-11,18H,12H2,1-4H3/t18-/m0/s1. The number of benzene rings is 2. The van der Waals surface area contributed by atoms with Crippen molar-refractivity contribution < 1.29 is 14.3 Å². The van der Waals surface area contributed by atoms with E-state index in [2.05, 4.69) is 11.2 Å². The van der Waals surface area contributed by atoms with Crippen molar-refractivity contribution in [3.8, 4) is 11.5 Å². The van der Waals surface area contributed by atoms with Crippen molar-refractivity contribution in [3.05, 3.63) is 59.2 Å². The molecule has 1 amide bonds. The Labute approximate surface area is 147 Å². The zero-order valence-corrected chi connectivity index (χ0v) is 14.9. The van der Waals surface area contributed by atoms with Gasteiger partial charge in [0.25, 0.3) is 0 Å². The Kier molecular flexibility index (Phi) is 4.74. The lowest BCUT2D eigenvalue weighted by Crippen LogP contribution is -2.24. The van der Waals surface area contributed by atoms with Gasteiger partial charge in [0.2, 0.25) is 5.91 Å². The molecule has 0 unspecified atom stereocenters. The van der Waals surface area contributed by atoms with Crippen LogP contribution < -0.4 is 9.47 Å². The zero-order valence-electron chi connectivity index (χ0n) is 14.9. The molecule has 1 heterocycles. The number of methoxy groups -OCH3 is 2. The van der Waals surface area contributed by atoms with Gasteiger partial charge in [-0.1, -0.05) is 35.9 Å². The van der Waals surface area contributed by atoms with Gasteiger partial charge in [0, 0.05) is 13.3 Å². The predicted molar refractivity (Wildman–Crippen MR) is 97.1 cm³/mol. The fraction of sp³-hybridized carbons (Fsp3) is 0.300. The van der Waals surface area contributed by atoms with Gasteiger partial charge in [0.05, 0.1) is 26.0 Å². The molecule has 0 N–H and O–H groups in total. The monoisotopic (exact) mass is 338 g/mol. The van der Waals surface area contributed by atoms with Crippen LogP contribution in [0, 0.1) is 6.92 Å². The van der Waals surface area contributed by atoms with Crippen LogP contribution >= 0.6 is 0 Å². The molecule has 5 heteroatoms. The molecule has 1 atom stereocenters. The molecule has 25 heavy (non-hydrogen) atoms. The minimum atomic E-state index is -0.146. The summed E-state index contributed by atoms with van der Waals surface area (Å²) in [7, 11) is 3.21. The van der Waals surface area contributed by atoms with Crippen LogP contribution in [0.4, 0.5) is 0 Å². The first kappa shape index (κ1) is 17.0. The van der Waals surface area contributed by atoms with Crippen molar-refractivity contribution in [2.45, 2.75) is 26.3 Å². The first-order valence-corrected chi connectivity index (χ1v) is 8.19. The third-order valence-corrected chi connectivity index (χ3v) is 4.38. The number of hydrogen-bond donors (Lipinski definition) is 0. The van der Waals surface area contributed by atoms with Gasteiger partial charge in [-0.05, 0) is 30.2 Å². The van der Waals surface area contributed by atoms with Gasteiger partial charge in [0.15, 0.2) is 11.5 Å². The van der Waals surface area contributed by atoms with Crippen LogP contribution in [-0.2, 0) is 4.79 Å². The lowest BCUT2D eigenvalue weighted by molar-refractivity contribution is -0.130. The summed E-state index contributed by atoms with van der Waals surface area (Å²) in [5.41, 5.74) is 4.11. The molecule has 1 aliphatic rings. The van der Waals surface area contributed by atoms with E-state index in [4.69, 9.17) is 9.47 Å². The summed E-state index contributed by atoms with van der Waals surface area (Å²) in [6, 6.07) is 13.8. The number of hydrogen-bond acceptors (Lipinski definition) is 4. The molecule has 2 aromatic carbocycles. The topological polar surface area (TPSA) is 51.1 Å². The Balaban J connectivity index is 1.96. The lowest BCUT2D eigenvalue weighted by atomic mass is 9.97. The number of carbonyl (C=O) groups is 1. The normalized spacial score (nSPS) is 16.6. The van der Waals surface area contributed by atoms with Crippen LogP contribution in [0.1, 0.15) is 36.1 Å². The highest BCUT2D eigenvalue weighted by Crippen LogP contribution is 2.37. The number of amides is 1. The van der Waals surface area contributed by atoms with E-state index in [9.17, 15) is 4.79 Å². The van der Waals surface area contributed by atoms with E-state index in [0.29, 0.717) is 17.9 Å². The van der Waals surface area contributed by atoms with E-state index < -0.39 is 0 Å². The van der Waals surface area contributed by atoms with E-state index in [1.165, 1.54) is 12.5 Å². The molecule has 0 bridgehead atoms. The van der Waals surface area contributed by atoms with Gasteiger partial charge in [0.1, 0.15) is 0 Å². The Morgan fingerprint density at radius 1 is 1.12 bits per heavy atom. The molecule has 0 aliphatic carbocycles. The number of hydrazone groups is 1. The van der Waals surface area contributed by atoms with E-state index in [1.54, 1.807) is 19.2 Å². The third kappa shape index (κ3) is 3.36. The molecule has 1 aliphatic heterocycles. The SMILES string of the molecule is COc1ccc([C@@H]2CC(c3cccc(C)c3)=NN2C(C)=O)cc1OC. The third-order valence-electron chi connectivity index (χ3n) is 4.38. The molecular weight excluding hydrogens is 316 g/mol. The first-order valence-electron chi connectivity index (χ1n) is 8.19. The molecule has 0 saturated heterocycles. The highest BCUT2D eigenvalue weighted by molar-refractivity contribution is 6.03. The summed E-state index contributed by atoms with van der Waals surface area (Å²) >= 11 is 0. The molecule has 0 saturated carbocycles. The predicted octanol–water partition coefficient (Wildman–Crippen LogP) is 3.71. The molecule has 0 fully saturated rings. The van der Waals surface area contributed by atoms with Crippen LogP contribution in [0.15, 0.2) is 47.6 Å². The van der Waals surface area contributed by atoms with Gasteiger partial charge in [-0.3, -0.25) is 4.79 Å². The number of ether oxygens (including phenoxy) is 2. The fourth-order valence-electron chi connectivity index (χ4n) is 3.12. The van der Waals surface area contributed by atoms with Crippen LogP contribution in [0.25, 0.3) is 0 Å². The van der Waals surface area contributed by atoms with Crippen molar-refractivity contribution in [2.24, 2.45) is 5.10 Å². The second kappa shape index (κ2) is 6.97. The molecule has 3 rings (SSSR count). The van der Waals surface area contributed by atoms with Crippen LogP contribution in [0.5, 0.6) is 11.5 Å². The maximum Gasteiger partial charge on any atom is 0.240 e. The fourth-order valence-corrected chi connectivity index (χ4v) is 3.12. The second-order valence-electron chi connectivity index (χ2n) is 6.11. The van der Waals surface area contributed by atoms with E-state index in [1.807, 2.05) is 43.3 Å². The molecule has 2 aromatic rings. The summed E-state index contributed by atoms with van der Waals surface area (Å²) in [5, 5.41) is 6.14. The van der Waals surface area contributed by atoms with Gasteiger partial charge >= 0.3 is 0 Å². The molecule has 0 spiro atoms. The molecule has 5 nitrogen and oxygen atoms in total. The van der Waals surface area contributed by atoms with Gasteiger partial charge in [-0.15, -0.1) is 0 Å². The minimum absolute atomic E-state index is 0.0811. The Bertz CT molecular complexity index is 829. The van der Waals surface area contributed by atoms with Crippen LogP contribution in [-0.4, -0.2) is 30.8 Å². The summed E-state index contributed by atoms with van der Waals surface area (Å²) in [6.07, 6.45) is 0.665. The molecule has 0 aromatic heterocycles. The average molecular weight is 338 g/mol.